The van der Waals surface area contributed by atoms with E-state index in [1.54, 1.807) is 0 Å². The lowest BCUT2D eigenvalue weighted by Crippen LogP contribution is -2.04. The summed E-state index contributed by atoms with van der Waals surface area (Å²) in [6.45, 7) is 2.02. The zero-order valence-electron chi connectivity index (χ0n) is 10.0. The van der Waals surface area contributed by atoms with Crippen molar-refractivity contribution in [2.45, 2.75) is 19.4 Å². The van der Waals surface area contributed by atoms with Gasteiger partial charge in [0.2, 0.25) is 0 Å². The van der Waals surface area contributed by atoms with Crippen molar-refractivity contribution in [3.05, 3.63) is 68.1 Å². The maximum Gasteiger partial charge on any atom is 0.0833 e. The number of halogens is 2. The predicted octanol–water partition coefficient (Wildman–Crippen LogP) is 4.80. The third-order valence-electron chi connectivity index (χ3n) is 2.92. The van der Waals surface area contributed by atoms with Gasteiger partial charge in [-0.1, -0.05) is 50.1 Å². The summed E-state index contributed by atoms with van der Waals surface area (Å²) >= 11 is 6.89. The van der Waals surface area contributed by atoms with Crippen LogP contribution >= 0.6 is 31.9 Å². The molecule has 0 amide bonds. The van der Waals surface area contributed by atoms with Crippen molar-refractivity contribution in [3.63, 3.8) is 0 Å². The van der Waals surface area contributed by atoms with E-state index in [4.69, 9.17) is 0 Å². The molecule has 2 aromatic carbocycles. The van der Waals surface area contributed by atoms with Crippen molar-refractivity contribution in [1.82, 2.24) is 0 Å². The molecule has 2 rings (SSSR count). The fourth-order valence-corrected chi connectivity index (χ4v) is 2.79. The standard InChI is InChI=1S/C15H14Br2O/c1-10-5-6-13(17)9-14(10)15(18)8-11-3-2-4-12(16)7-11/h2-7,9,15,18H,8H2,1H3. The van der Waals surface area contributed by atoms with Gasteiger partial charge in [-0.2, -0.15) is 0 Å². The molecule has 0 saturated carbocycles. The molecule has 0 bridgehead atoms. The first-order valence-corrected chi connectivity index (χ1v) is 7.33. The Balaban J connectivity index is 2.21. The SMILES string of the molecule is Cc1ccc(Br)cc1C(O)Cc1cccc(Br)c1. The summed E-state index contributed by atoms with van der Waals surface area (Å²) in [7, 11) is 0. The van der Waals surface area contributed by atoms with Gasteiger partial charge >= 0.3 is 0 Å². The molecule has 0 aliphatic rings. The van der Waals surface area contributed by atoms with E-state index >= 15 is 0 Å². The van der Waals surface area contributed by atoms with Crippen LogP contribution in [0.3, 0.4) is 0 Å². The molecule has 1 nitrogen and oxygen atoms in total. The number of hydrogen-bond acceptors (Lipinski definition) is 1. The maximum atomic E-state index is 10.3. The molecule has 0 heterocycles. The molecular formula is C15H14Br2O. The van der Waals surface area contributed by atoms with Gasteiger partial charge in [-0.05, 0) is 47.9 Å². The van der Waals surface area contributed by atoms with Gasteiger partial charge in [0.25, 0.3) is 0 Å². The Labute approximate surface area is 124 Å². The minimum absolute atomic E-state index is 0.475. The highest BCUT2D eigenvalue weighted by Crippen LogP contribution is 2.25. The summed E-state index contributed by atoms with van der Waals surface area (Å²) in [6.07, 6.45) is 0.147. The Morgan fingerprint density at radius 2 is 1.78 bits per heavy atom. The van der Waals surface area contributed by atoms with Crippen LogP contribution in [0.1, 0.15) is 22.8 Å². The van der Waals surface area contributed by atoms with E-state index in [1.807, 2.05) is 49.4 Å². The summed E-state index contributed by atoms with van der Waals surface area (Å²) in [6, 6.07) is 14.0. The summed E-state index contributed by atoms with van der Waals surface area (Å²) in [5, 5.41) is 10.3. The van der Waals surface area contributed by atoms with Crippen LogP contribution in [0.15, 0.2) is 51.4 Å². The lowest BCUT2D eigenvalue weighted by molar-refractivity contribution is 0.177. The third kappa shape index (κ3) is 3.44. The number of aliphatic hydroxyl groups is 1. The van der Waals surface area contributed by atoms with Crippen molar-refractivity contribution < 1.29 is 5.11 Å². The van der Waals surface area contributed by atoms with Gasteiger partial charge in [0.1, 0.15) is 0 Å². The topological polar surface area (TPSA) is 20.2 Å². The lowest BCUT2D eigenvalue weighted by Gasteiger charge is -2.14. The van der Waals surface area contributed by atoms with Crippen molar-refractivity contribution >= 4 is 31.9 Å². The highest BCUT2D eigenvalue weighted by atomic mass is 79.9. The van der Waals surface area contributed by atoms with Crippen LogP contribution in [0.2, 0.25) is 0 Å². The fraction of sp³-hybridized carbons (Fsp3) is 0.200. The number of hydrogen-bond donors (Lipinski definition) is 1. The molecule has 18 heavy (non-hydrogen) atoms. The van der Waals surface area contributed by atoms with Gasteiger partial charge in [-0.25, -0.2) is 0 Å². The second-order valence-electron chi connectivity index (χ2n) is 4.35. The molecule has 0 aliphatic carbocycles. The van der Waals surface area contributed by atoms with Crippen molar-refractivity contribution in [1.29, 1.82) is 0 Å². The molecule has 0 spiro atoms. The third-order valence-corrected chi connectivity index (χ3v) is 3.90. The first kappa shape index (κ1) is 13.8. The van der Waals surface area contributed by atoms with Crippen LogP contribution in [0.5, 0.6) is 0 Å². The van der Waals surface area contributed by atoms with Crippen LogP contribution in [-0.2, 0) is 6.42 Å². The van der Waals surface area contributed by atoms with Gasteiger partial charge in [0, 0.05) is 15.4 Å². The number of aliphatic hydroxyl groups excluding tert-OH is 1. The molecule has 0 radical (unpaired) electrons. The molecule has 0 fully saturated rings. The van der Waals surface area contributed by atoms with E-state index in [9.17, 15) is 5.11 Å². The normalized spacial score (nSPS) is 12.4. The average Bonchev–Trinajstić information content (AvgIpc) is 2.32. The van der Waals surface area contributed by atoms with E-state index in [0.717, 1.165) is 25.6 Å². The Bertz CT molecular complexity index is 552. The Morgan fingerprint density at radius 1 is 1.06 bits per heavy atom. The highest BCUT2D eigenvalue weighted by molar-refractivity contribution is 9.10. The summed E-state index contributed by atoms with van der Waals surface area (Å²) in [5.74, 6) is 0. The van der Waals surface area contributed by atoms with E-state index < -0.39 is 6.10 Å². The molecule has 1 unspecified atom stereocenters. The van der Waals surface area contributed by atoms with Gasteiger partial charge < -0.3 is 5.11 Å². The molecular weight excluding hydrogens is 356 g/mol. The number of aryl methyl sites for hydroxylation is 1. The Morgan fingerprint density at radius 3 is 2.50 bits per heavy atom. The summed E-state index contributed by atoms with van der Waals surface area (Å²) in [4.78, 5) is 0. The summed E-state index contributed by atoms with van der Waals surface area (Å²) < 4.78 is 2.04. The molecule has 1 N–H and O–H groups in total. The average molecular weight is 370 g/mol. The molecule has 94 valence electrons. The molecule has 0 saturated heterocycles. The minimum Gasteiger partial charge on any atom is -0.388 e. The van der Waals surface area contributed by atoms with Crippen molar-refractivity contribution in [3.8, 4) is 0 Å². The van der Waals surface area contributed by atoms with Crippen LogP contribution < -0.4 is 0 Å². The minimum atomic E-state index is -0.475. The Kier molecular flexibility index (Phi) is 4.60. The van der Waals surface area contributed by atoms with Gasteiger partial charge in [0.15, 0.2) is 0 Å². The quantitative estimate of drug-likeness (QED) is 0.824. The molecule has 1 atom stereocenters. The fourth-order valence-electron chi connectivity index (χ4n) is 1.97. The van der Waals surface area contributed by atoms with Crippen LogP contribution in [-0.4, -0.2) is 5.11 Å². The van der Waals surface area contributed by atoms with E-state index in [2.05, 4.69) is 31.9 Å². The van der Waals surface area contributed by atoms with Crippen LogP contribution in [0.25, 0.3) is 0 Å². The molecule has 0 aliphatic heterocycles. The van der Waals surface area contributed by atoms with Gasteiger partial charge in [-0.3, -0.25) is 0 Å². The zero-order valence-corrected chi connectivity index (χ0v) is 13.2. The first-order chi connectivity index (χ1) is 8.56. The second-order valence-corrected chi connectivity index (χ2v) is 6.18. The summed E-state index contributed by atoms with van der Waals surface area (Å²) in [5.41, 5.74) is 3.21. The van der Waals surface area contributed by atoms with Gasteiger partial charge in [-0.15, -0.1) is 0 Å². The maximum absolute atomic E-state index is 10.3. The molecule has 0 aromatic heterocycles. The van der Waals surface area contributed by atoms with Crippen molar-refractivity contribution in [2.75, 3.05) is 0 Å². The van der Waals surface area contributed by atoms with Crippen molar-refractivity contribution in [2.24, 2.45) is 0 Å². The van der Waals surface area contributed by atoms with Crippen LogP contribution in [0.4, 0.5) is 0 Å². The lowest BCUT2D eigenvalue weighted by atomic mass is 9.98. The highest BCUT2D eigenvalue weighted by Gasteiger charge is 2.11. The first-order valence-electron chi connectivity index (χ1n) is 5.75. The van der Waals surface area contributed by atoms with Crippen LogP contribution in [0, 0.1) is 6.92 Å². The number of benzene rings is 2. The zero-order chi connectivity index (χ0) is 13.1. The largest absolute Gasteiger partial charge is 0.388 e. The monoisotopic (exact) mass is 368 g/mol. The second kappa shape index (κ2) is 6.00. The van der Waals surface area contributed by atoms with E-state index in [1.165, 1.54) is 0 Å². The van der Waals surface area contributed by atoms with E-state index in [0.29, 0.717) is 6.42 Å². The smallest absolute Gasteiger partial charge is 0.0833 e. The molecule has 2 aromatic rings. The number of rotatable bonds is 3. The molecule has 3 heteroatoms. The van der Waals surface area contributed by atoms with E-state index in [-0.39, 0.29) is 0 Å². The Hall–Kier alpha value is -0.640. The van der Waals surface area contributed by atoms with Gasteiger partial charge in [0.05, 0.1) is 6.10 Å². The predicted molar refractivity (Wildman–Crippen MR) is 81.7 cm³/mol.